The summed E-state index contributed by atoms with van der Waals surface area (Å²) in [5.41, 5.74) is 1.60. The maximum absolute atomic E-state index is 11.9. The molecule has 0 aliphatic rings. The minimum absolute atomic E-state index is 0.115. The van der Waals surface area contributed by atoms with Crippen LogP contribution in [0.1, 0.15) is 39.4 Å². The van der Waals surface area contributed by atoms with Crippen LogP contribution in [0.25, 0.3) is 10.4 Å². The number of aryl methyl sites for hydroxylation is 1. The van der Waals surface area contributed by atoms with Crippen molar-refractivity contribution in [3.8, 4) is 16.2 Å². The lowest BCUT2D eigenvalue weighted by Gasteiger charge is -2.11. The summed E-state index contributed by atoms with van der Waals surface area (Å²) in [7, 11) is 1.55. The summed E-state index contributed by atoms with van der Waals surface area (Å²) in [6, 6.07) is 7.44. The fourth-order valence-corrected chi connectivity index (χ4v) is 3.12. The second-order valence-corrected chi connectivity index (χ2v) is 5.60. The molecule has 0 N–H and O–H groups in total. The predicted molar refractivity (Wildman–Crippen MR) is 81.1 cm³/mol. The molecule has 0 amide bonds. The molecule has 1 aromatic carbocycles. The summed E-state index contributed by atoms with van der Waals surface area (Å²) in [6.07, 6.45) is 1.65. The Hall–Kier alpha value is -1.94. The number of Topliss-reactive ketones (excluding diaryl/α,β-unsaturated/α-hetero) is 1. The average molecular weight is 288 g/mol. The normalized spacial score (nSPS) is 10.3. The Morgan fingerprint density at radius 2 is 2.10 bits per heavy atom. The highest BCUT2D eigenvalue weighted by atomic mass is 32.1. The van der Waals surface area contributed by atoms with Gasteiger partial charge in [-0.3, -0.25) is 9.59 Å². The summed E-state index contributed by atoms with van der Waals surface area (Å²) < 4.78 is 5.22. The number of carbonyl (C=O) groups excluding carboxylic acids is 2. The van der Waals surface area contributed by atoms with Gasteiger partial charge in [-0.25, -0.2) is 0 Å². The minimum atomic E-state index is -0.115. The topological polar surface area (TPSA) is 43.4 Å². The van der Waals surface area contributed by atoms with E-state index in [1.807, 2.05) is 18.2 Å². The fourth-order valence-electron chi connectivity index (χ4n) is 2.15. The molecule has 0 unspecified atom stereocenters. The van der Waals surface area contributed by atoms with Gasteiger partial charge in [-0.2, -0.15) is 0 Å². The van der Waals surface area contributed by atoms with E-state index in [0.29, 0.717) is 23.2 Å². The number of ketones is 1. The van der Waals surface area contributed by atoms with Gasteiger partial charge in [0.15, 0.2) is 12.1 Å². The maximum atomic E-state index is 11.9. The van der Waals surface area contributed by atoms with E-state index in [2.05, 4.69) is 6.92 Å². The van der Waals surface area contributed by atoms with E-state index in [-0.39, 0.29) is 5.78 Å². The van der Waals surface area contributed by atoms with Gasteiger partial charge in [0.1, 0.15) is 5.75 Å². The first-order chi connectivity index (χ1) is 9.60. The third kappa shape index (κ3) is 2.65. The molecule has 0 saturated heterocycles. The van der Waals surface area contributed by atoms with Gasteiger partial charge in [0.2, 0.25) is 0 Å². The average Bonchev–Trinajstić information content (AvgIpc) is 2.94. The Bertz CT molecular complexity index is 656. The second-order valence-electron chi connectivity index (χ2n) is 4.43. The van der Waals surface area contributed by atoms with Crippen molar-refractivity contribution in [2.24, 2.45) is 0 Å². The number of benzene rings is 1. The monoisotopic (exact) mass is 288 g/mol. The molecule has 0 aliphatic carbocycles. The summed E-state index contributed by atoms with van der Waals surface area (Å²) in [4.78, 5) is 25.4. The van der Waals surface area contributed by atoms with Crippen LogP contribution in [0.5, 0.6) is 5.75 Å². The molecule has 0 fully saturated rings. The molecule has 4 heteroatoms. The molecule has 20 heavy (non-hydrogen) atoms. The fraction of sp³-hybridized carbons (Fsp3) is 0.250. The van der Waals surface area contributed by atoms with Gasteiger partial charge in [0.05, 0.1) is 7.11 Å². The van der Waals surface area contributed by atoms with Gasteiger partial charge < -0.3 is 4.74 Å². The molecule has 1 aromatic heterocycles. The van der Waals surface area contributed by atoms with Crippen molar-refractivity contribution in [3.63, 3.8) is 0 Å². The van der Waals surface area contributed by atoms with E-state index in [1.54, 1.807) is 24.5 Å². The third-order valence-corrected chi connectivity index (χ3v) is 4.40. The first kappa shape index (κ1) is 14.5. The van der Waals surface area contributed by atoms with E-state index in [4.69, 9.17) is 4.74 Å². The zero-order valence-electron chi connectivity index (χ0n) is 11.7. The van der Waals surface area contributed by atoms with Crippen molar-refractivity contribution in [2.75, 3.05) is 7.11 Å². The van der Waals surface area contributed by atoms with E-state index in [9.17, 15) is 9.59 Å². The molecule has 0 atom stereocenters. The van der Waals surface area contributed by atoms with Gasteiger partial charge in [0, 0.05) is 26.4 Å². The largest absolute Gasteiger partial charge is 0.497 e. The number of ether oxygens (including phenoxy) is 1. The molecule has 0 aliphatic heterocycles. The van der Waals surface area contributed by atoms with E-state index in [0.717, 1.165) is 16.9 Å². The van der Waals surface area contributed by atoms with Crippen LogP contribution in [-0.4, -0.2) is 19.2 Å². The molecular formula is C16H16O3S. The van der Waals surface area contributed by atoms with Crippen LogP contribution >= 0.6 is 11.3 Å². The zero-order valence-corrected chi connectivity index (χ0v) is 12.5. The lowest BCUT2D eigenvalue weighted by molar-refractivity contribution is 0.101. The molecule has 1 heterocycles. The van der Waals surface area contributed by atoms with Gasteiger partial charge in [-0.05, 0) is 37.6 Å². The van der Waals surface area contributed by atoms with Gasteiger partial charge >= 0.3 is 0 Å². The van der Waals surface area contributed by atoms with Gasteiger partial charge in [-0.1, -0.05) is 6.92 Å². The molecular weight excluding hydrogens is 272 g/mol. The first-order valence-electron chi connectivity index (χ1n) is 6.38. The lowest BCUT2D eigenvalue weighted by Crippen LogP contribution is -2.02. The maximum Gasteiger partial charge on any atom is 0.161 e. The number of hydrogen-bond donors (Lipinski definition) is 0. The molecule has 0 radical (unpaired) electrons. The number of carbonyl (C=O) groups is 2. The molecule has 0 saturated carbocycles. The van der Waals surface area contributed by atoms with Crippen molar-refractivity contribution >= 4 is 23.4 Å². The smallest absolute Gasteiger partial charge is 0.161 e. The molecule has 2 rings (SSSR count). The Labute approximate surface area is 122 Å². The van der Waals surface area contributed by atoms with Crippen LogP contribution < -0.4 is 4.74 Å². The van der Waals surface area contributed by atoms with E-state index >= 15 is 0 Å². The Morgan fingerprint density at radius 1 is 1.35 bits per heavy atom. The summed E-state index contributed by atoms with van der Waals surface area (Å²) >= 11 is 1.63. The van der Waals surface area contributed by atoms with Crippen LogP contribution in [0.3, 0.4) is 0 Å². The highest BCUT2D eigenvalue weighted by Gasteiger charge is 2.17. The molecule has 2 aromatic rings. The summed E-state index contributed by atoms with van der Waals surface area (Å²) in [5, 5.41) is 0. The highest BCUT2D eigenvalue weighted by molar-refractivity contribution is 7.15. The quantitative estimate of drug-likeness (QED) is 0.617. The van der Waals surface area contributed by atoms with Crippen molar-refractivity contribution in [1.82, 2.24) is 0 Å². The first-order valence-corrected chi connectivity index (χ1v) is 7.19. The zero-order chi connectivity index (χ0) is 14.7. The SMILES string of the molecule is CCc1ccc(-c2cc(OC)cc(C=O)c2C(C)=O)s1. The number of rotatable bonds is 5. The van der Waals surface area contributed by atoms with Crippen LogP contribution in [0.4, 0.5) is 0 Å². The molecule has 0 bridgehead atoms. The number of hydrogen-bond acceptors (Lipinski definition) is 4. The Morgan fingerprint density at radius 3 is 2.60 bits per heavy atom. The molecule has 3 nitrogen and oxygen atoms in total. The van der Waals surface area contributed by atoms with Crippen molar-refractivity contribution < 1.29 is 14.3 Å². The van der Waals surface area contributed by atoms with Crippen LogP contribution in [-0.2, 0) is 6.42 Å². The second kappa shape index (κ2) is 6.01. The summed E-state index contributed by atoms with van der Waals surface area (Å²) in [5.74, 6) is 0.467. The van der Waals surface area contributed by atoms with Gasteiger partial charge in [-0.15, -0.1) is 11.3 Å². The lowest BCUT2D eigenvalue weighted by atomic mass is 9.97. The van der Waals surface area contributed by atoms with Crippen molar-refractivity contribution in [1.29, 1.82) is 0 Å². The Balaban J connectivity index is 2.71. The van der Waals surface area contributed by atoms with Crippen LogP contribution in [0, 0.1) is 0 Å². The minimum Gasteiger partial charge on any atom is -0.497 e. The number of aldehydes is 1. The predicted octanol–water partition coefficient (Wildman–Crippen LogP) is 4.00. The van der Waals surface area contributed by atoms with E-state index in [1.165, 1.54) is 11.8 Å². The third-order valence-electron chi connectivity index (χ3n) is 3.13. The molecule has 104 valence electrons. The van der Waals surface area contributed by atoms with Crippen molar-refractivity contribution in [2.45, 2.75) is 20.3 Å². The van der Waals surface area contributed by atoms with Gasteiger partial charge in [0.25, 0.3) is 0 Å². The van der Waals surface area contributed by atoms with Crippen LogP contribution in [0.2, 0.25) is 0 Å². The van der Waals surface area contributed by atoms with E-state index < -0.39 is 0 Å². The number of methoxy groups -OCH3 is 1. The van der Waals surface area contributed by atoms with Crippen LogP contribution in [0.15, 0.2) is 24.3 Å². The number of thiophene rings is 1. The highest BCUT2D eigenvalue weighted by Crippen LogP contribution is 2.35. The van der Waals surface area contributed by atoms with Crippen molar-refractivity contribution in [3.05, 3.63) is 40.3 Å². The standard InChI is InChI=1S/C16H16O3S/c1-4-13-5-6-15(20-13)14-8-12(19-3)7-11(9-17)16(14)10(2)18/h5-9H,4H2,1-3H3. The molecule has 0 spiro atoms. The Kier molecular flexibility index (Phi) is 4.35. The summed E-state index contributed by atoms with van der Waals surface area (Å²) in [6.45, 7) is 3.57.